The zero-order valence-electron chi connectivity index (χ0n) is 16.6. The van der Waals surface area contributed by atoms with Crippen LogP contribution in [0.25, 0.3) is 0 Å². The molecule has 31 heavy (non-hydrogen) atoms. The summed E-state index contributed by atoms with van der Waals surface area (Å²) in [5.41, 5.74) is 0.796. The van der Waals surface area contributed by atoms with Crippen LogP contribution in [-0.2, 0) is 28.0 Å². The average Bonchev–Trinajstić information content (AvgIpc) is 3.24. The van der Waals surface area contributed by atoms with Crippen molar-refractivity contribution in [3.05, 3.63) is 77.4 Å². The van der Waals surface area contributed by atoms with E-state index in [0.29, 0.717) is 19.4 Å². The van der Waals surface area contributed by atoms with Crippen LogP contribution in [0.3, 0.4) is 0 Å². The average molecular weight is 449 g/mol. The Morgan fingerprint density at radius 2 is 1.68 bits per heavy atom. The van der Waals surface area contributed by atoms with Crippen molar-refractivity contribution in [2.24, 2.45) is 0 Å². The monoisotopic (exact) mass is 449 g/mol. The highest BCUT2D eigenvalue weighted by Gasteiger charge is 2.37. The van der Waals surface area contributed by atoms with Crippen LogP contribution in [0.15, 0.2) is 57.9 Å². The fourth-order valence-electron chi connectivity index (χ4n) is 3.49. The zero-order valence-corrected chi connectivity index (χ0v) is 17.4. The lowest BCUT2D eigenvalue weighted by Gasteiger charge is -2.32. The highest BCUT2D eigenvalue weighted by molar-refractivity contribution is 7.89. The van der Waals surface area contributed by atoms with Crippen LogP contribution in [0, 0.1) is 11.6 Å². The summed E-state index contributed by atoms with van der Waals surface area (Å²) in [7, 11) is -3.84. The molecule has 0 spiro atoms. The van der Waals surface area contributed by atoms with Crippen molar-refractivity contribution < 1.29 is 26.5 Å². The van der Waals surface area contributed by atoms with Crippen LogP contribution in [0.4, 0.5) is 8.78 Å². The molecule has 0 aliphatic carbocycles. The maximum absolute atomic E-state index is 13.2. The number of aromatic nitrogens is 2. The van der Waals surface area contributed by atoms with Crippen molar-refractivity contribution in [2.45, 2.75) is 43.4 Å². The molecule has 1 saturated heterocycles. The van der Waals surface area contributed by atoms with Gasteiger partial charge in [-0.1, -0.05) is 23.7 Å². The summed E-state index contributed by atoms with van der Waals surface area (Å²) >= 11 is 0. The van der Waals surface area contributed by atoms with E-state index >= 15 is 0 Å². The van der Waals surface area contributed by atoms with Crippen LogP contribution >= 0.6 is 0 Å². The largest absolute Gasteiger partial charge is 0.367 e. The number of halogens is 2. The number of ether oxygens (including phenoxy) is 1. The van der Waals surface area contributed by atoms with Gasteiger partial charge >= 0.3 is 0 Å². The number of sulfonamides is 1. The third-order valence-corrected chi connectivity index (χ3v) is 6.99. The fraction of sp³-hybridized carbons (Fsp3) is 0.333. The van der Waals surface area contributed by atoms with Gasteiger partial charge in [-0.15, -0.1) is 0 Å². The molecule has 1 unspecified atom stereocenters. The number of nitrogens with zero attached hydrogens (tertiary/aromatic N) is 3. The molecule has 1 aliphatic rings. The first-order valence-electron chi connectivity index (χ1n) is 9.85. The van der Waals surface area contributed by atoms with E-state index in [0.717, 1.165) is 24.1 Å². The molecular weight excluding hydrogens is 428 g/mol. The summed E-state index contributed by atoms with van der Waals surface area (Å²) in [6.07, 6.45) is 2.09. The van der Waals surface area contributed by atoms with Crippen molar-refractivity contribution in [3.8, 4) is 0 Å². The molecule has 1 aromatic heterocycles. The van der Waals surface area contributed by atoms with Crippen molar-refractivity contribution in [3.63, 3.8) is 0 Å². The molecule has 0 N–H and O–H groups in total. The molecule has 1 aliphatic heterocycles. The second-order valence-corrected chi connectivity index (χ2v) is 9.14. The van der Waals surface area contributed by atoms with Crippen LogP contribution in [0.2, 0.25) is 0 Å². The van der Waals surface area contributed by atoms with E-state index in [4.69, 9.17) is 9.26 Å². The van der Waals surface area contributed by atoms with Crippen molar-refractivity contribution in [2.75, 3.05) is 6.54 Å². The predicted octanol–water partition coefficient (Wildman–Crippen LogP) is 3.98. The third-order valence-electron chi connectivity index (χ3n) is 5.06. The summed E-state index contributed by atoms with van der Waals surface area (Å²) in [4.78, 5) is 4.34. The Bertz CT molecular complexity index is 1120. The van der Waals surface area contributed by atoms with Gasteiger partial charge in [-0.25, -0.2) is 17.2 Å². The smallest absolute Gasteiger partial charge is 0.252 e. The van der Waals surface area contributed by atoms with Gasteiger partial charge in [0.25, 0.3) is 5.89 Å². The molecule has 164 valence electrons. The Kier molecular flexibility index (Phi) is 6.40. The second kappa shape index (κ2) is 9.21. The van der Waals surface area contributed by atoms with Gasteiger partial charge in [0.1, 0.15) is 18.2 Å². The molecule has 2 heterocycles. The molecule has 7 nitrogen and oxygen atoms in total. The van der Waals surface area contributed by atoms with E-state index in [9.17, 15) is 17.2 Å². The minimum absolute atomic E-state index is 0.0205. The Morgan fingerprint density at radius 1 is 1.00 bits per heavy atom. The van der Waals surface area contributed by atoms with Gasteiger partial charge in [0.05, 0.1) is 17.5 Å². The Balaban J connectivity index is 1.45. The third kappa shape index (κ3) is 4.97. The molecule has 4 rings (SSSR count). The van der Waals surface area contributed by atoms with Crippen molar-refractivity contribution in [1.29, 1.82) is 0 Å². The highest BCUT2D eigenvalue weighted by atomic mass is 32.2. The Labute approximate surface area is 178 Å². The van der Waals surface area contributed by atoms with Crippen molar-refractivity contribution in [1.82, 2.24) is 14.4 Å². The molecule has 0 bridgehead atoms. The second-order valence-electron chi connectivity index (χ2n) is 7.25. The molecule has 1 fully saturated rings. The molecule has 10 heteroatoms. The quantitative estimate of drug-likeness (QED) is 0.542. The van der Waals surface area contributed by atoms with Gasteiger partial charge in [0, 0.05) is 6.54 Å². The Hall–Kier alpha value is -2.69. The van der Waals surface area contributed by atoms with Gasteiger partial charge < -0.3 is 9.26 Å². The van der Waals surface area contributed by atoms with Crippen LogP contribution in [0.5, 0.6) is 0 Å². The molecule has 2 aromatic carbocycles. The van der Waals surface area contributed by atoms with E-state index < -0.39 is 21.9 Å². The minimum Gasteiger partial charge on any atom is -0.367 e. The SMILES string of the molecule is O=S(=O)(c1ccc(F)cc1)N1CCCCC1c1noc(COCc2ccc(F)cc2)n1. The fourth-order valence-corrected chi connectivity index (χ4v) is 5.15. The summed E-state index contributed by atoms with van der Waals surface area (Å²) in [5.74, 6) is -0.330. The van der Waals surface area contributed by atoms with E-state index in [-0.39, 0.29) is 35.6 Å². The van der Waals surface area contributed by atoms with Gasteiger partial charge in [0.2, 0.25) is 10.0 Å². The topological polar surface area (TPSA) is 85.5 Å². The molecule has 0 saturated carbocycles. The first kappa shape index (κ1) is 21.5. The minimum atomic E-state index is -3.84. The summed E-state index contributed by atoms with van der Waals surface area (Å²) < 4.78 is 64.5. The van der Waals surface area contributed by atoms with Crippen molar-refractivity contribution >= 4 is 10.0 Å². The molecule has 0 radical (unpaired) electrons. The van der Waals surface area contributed by atoms with Gasteiger partial charge in [-0.05, 0) is 54.8 Å². The summed E-state index contributed by atoms with van der Waals surface area (Å²) in [5, 5.41) is 3.97. The highest BCUT2D eigenvalue weighted by Crippen LogP contribution is 2.34. The number of hydrogen-bond acceptors (Lipinski definition) is 6. The molecule has 0 amide bonds. The lowest BCUT2D eigenvalue weighted by molar-refractivity contribution is 0.0850. The number of piperidine rings is 1. The van der Waals surface area contributed by atoms with Gasteiger partial charge in [0.15, 0.2) is 5.82 Å². The number of hydrogen-bond donors (Lipinski definition) is 0. The summed E-state index contributed by atoms with van der Waals surface area (Å²) in [6.45, 7) is 0.601. The van der Waals surface area contributed by atoms with Gasteiger partial charge in [-0.3, -0.25) is 0 Å². The van der Waals surface area contributed by atoms with Gasteiger partial charge in [-0.2, -0.15) is 9.29 Å². The van der Waals surface area contributed by atoms with E-state index in [1.165, 1.54) is 28.6 Å². The van der Waals surface area contributed by atoms with Crippen LogP contribution in [0.1, 0.15) is 42.6 Å². The van der Waals surface area contributed by atoms with E-state index in [1.807, 2.05) is 0 Å². The predicted molar refractivity (Wildman–Crippen MR) is 106 cm³/mol. The standard InChI is InChI=1S/C21H21F2N3O4S/c22-16-6-4-15(5-7-16)13-29-14-20-24-21(25-30-20)19-3-1-2-12-26(19)31(27,28)18-10-8-17(23)9-11-18/h4-11,19H,1-3,12-14H2. The normalized spacial score (nSPS) is 17.7. The first-order chi connectivity index (χ1) is 14.9. The zero-order chi connectivity index (χ0) is 21.8. The first-order valence-corrected chi connectivity index (χ1v) is 11.3. The maximum Gasteiger partial charge on any atom is 0.252 e. The summed E-state index contributed by atoms with van der Waals surface area (Å²) in [6, 6.07) is 10.1. The molecule has 3 aromatic rings. The molecular formula is C21H21F2N3O4S. The van der Waals surface area contributed by atoms with E-state index in [2.05, 4.69) is 10.1 Å². The van der Waals surface area contributed by atoms with E-state index in [1.54, 1.807) is 12.1 Å². The number of rotatable bonds is 7. The lowest BCUT2D eigenvalue weighted by atomic mass is 10.0. The van der Waals surface area contributed by atoms with Crippen LogP contribution in [-0.4, -0.2) is 29.4 Å². The number of benzene rings is 2. The maximum atomic E-state index is 13.2. The van der Waals surface area contributed by atoms with Crippen LogP contribution < -0.4 is 0 Å². The molecule has 1 atom stereocenters. The lowest BCUT2D eigenvalue weighted by Crippen LogP contribution is -2.39. The Morgan fingerprint density at radius 3 is 2.39 bits per heavy atom.